The van der Waals surface area contributed by atoms with E-state index in [1.807, 2.05) is 0 Å². The van der Waals surface area contributed by atoms with Crippen LogP contribution in [0.3, 0.4) is 0 Å². The van der Waals surface area contributed by atoms with Crippen LogP contribution < -0.4 is 5.43 Å². The fraction of sp³-hybridized carbons (Fsp3) is 0.0625. The maximum Gasteiger partial charge on any atom is 0.307 e. The fourth-order valence-electron chi connectivity index (χ4n) is 2.15. The molecule has 0 spiro atoms. The molecule has 26 heavy (non-hydrogen) atoms. The Labute approximate surface area is 155 Å². The molecule has 2 heterocycles. The van der Waals surface area contributed by atoms with Crippen LogP contribution in [0.4, 0.5) is 5.69 Å². The largest absolute Gasteiger partial charge is 0.454 e. The molecule has 0 unspecified atom stereocenters. The molecule has 1 aromatic carbocycles. The lowest BCUT2D eigenvalue weighted by Gasteiger charge is -1.99. The highest BCUT2D eigenvalue weighted by Crippen LogP contribution is 2.15. The molecule has 10 heteroatoms. The number of halogens is 1. The highest BCUT2D eigenvalue weighted by Gasteiger charge is 2.12. The van der Waals surface area contributed by atoms with Crippen LogP contribution in [0.15, 0.2) is 62.8 Å². The van der Waals surface area contributed by atoms with Crippen molar-refractivity contribution >= 4 is 33.7 Å². The van der Waals surface area contributed by atoms with Gasteiger partial charge in [0.1, 0.15) is 5.76 Å². The molecular formula is C16H12BrN5O4. The van der Waals surface area contributed by atoms with E-state index in [0.29, 0.717) is 12.3 Å². The van der Waals surface area contributed by atoms with E-state index in [1.54, 1.807) is 35.3 Å². The van der Waals surface area contributed by atoms with E-state index in [-0.39, 0.29) is 17.0 Å². The predicted molar refractivity (Wildman–Crippen MR) is 95.9 cm³/mol. The van der Waals surface area contributed by atoms with Gasteiger partial charge in [-0.2, -0.15) is 10.2 Å². The number of para-hydroxylation sites is 1. The van der Waals surface area contributed by atoms with Crippen LogP contribution in [-0.4, -0.2) is 26.8 Å². The Morgan fingerprint density at radius 3 is 2.92 bits per heavy atom. The van der Waals surface area contributed by atoms with Gasteiger partial charge in [-0.1, -0.05) is 12.1 Å². The lowest BCUT2D eigenvalue weighted by molar-refractivity contribution is -0.385. The maximum absolute atomic E-state index is 12.0. The van der Waals surface area contributed by atoms with Gasteiger partial charge in [0.25, 0.3) is 5.69 Å². The van der Waals surface area contributed by atoms with Crippen molar-refractivity contribution in [1.29, 1.82) is 0 Å². The normalized spacial score (nSPS) is 11.0. The Bertz CT molecular complexity index is 978. The van der Waals surface area contributed by atoms with Gasteiger partial charge in [0.05, 0.1) is 33.9 Å². The number of hydrazone groups is 1. The van der Waals surface area contributed by atoms with E-state index in [0.717, 1.165) is 4.47 Å². The van der Waals surface area contributed by atoms with Crippen LogP contribution in [0, 0.1) is 10.1 Å². The number of carbonyl (C=O) groups excluding carboxylic acids is 1. The van der Waals surface area contributed by atoms with E-state index in [2.05, 4.69) is 31.6 Å². The summed E-state index contributed by atoms with van der Waals surface area (Å²) < 4.78 is 7.94. The number of nitro benzene ring substituents is 1. The van der Waals surface area contributed by atoms with E-state index in [1.165, 1.54) is 24.4 Å². The van der Waals surface area contributed by atoms with Crippen molar-refractivity contribution in [2.45, 2.75) is 6.54 Å². The summed E-state index contributed by atoms with van der Waals surface area (Å²) in [6.07, 6.45) is 4.63. The van der Waals surface area contributed by atoms with Crippen LogP contribution in [0.5, 0.6) is 0 Å². The number of furan rings is 1. The smallest absolute Gasteiger partial charge is 0.307 e. The molecule has 0 aliphatic rings. The molecule has 132 valence electrons. The Balaban J connectivity index is 1.63. The molecule has 9 nitrogen and oxygen atoms in total. The van der Waals surface area contributed by atoms with E-state index < -0.39 is 10.8 Å². The van der Waals surface area contributed by atoms with Gasteiger partial charge in [0.15, 0.2) is 5.76 Å². The zero-order valence-corrected chi connectivity index (χ0v) is 14.8. The summed E-state index contributed by atoms with van der Waals surface area (Å²) in [6.45, 7) is 0.373. The maximum atomic E-state index is 12.0. The number of nitro groups is 1. The van der Waals surface area contributed by atoms with Gasteiger partial charge in [0.2, 0.25) is 0 Å². The molecule has 0 radical (unpaired) electrons. The molecule has 1 amide bonds. The summed E-state index contributed by atoms with van der Waals surface area (Å²) in [5.74, 6) is 0.0621. The first kappa shape index (κ1) is 17.5. The molecule has 3 aromatic rings. The zero-order valence-electron chi connectivity index (χ0n) is 13.2. The third-order valence-corrected chi connectivity index (χ3v) is 3.72. The molecule has 0 aliphatic heterocycles. The Kier molecular flexibility index (Phi) is 5.23. The van der Waals surface area contributed by atoms with Crippen LogP contribution in [0.1, 0.15) is 21.9 Å². The number of aromatic nitrogens is 2. The van der Waals surface area contributed by atoms with Gasteiger partial charge in [-0.3, -0.25) is 19.6 Å². The Morgan fingerprint density at radius 1 is 1.38 bits per heavy atom. The average molecular weight is 418 g/mol. The second-order valence-electron chi connectivity index (χ2n) is 5.14. The number of rotatable bonds is 6. The van der Waals surface area contributed by atoms with Crippen molar-refractivity contribution in [3.63, 3.8) is 0 Å². The molecule has 0 aliphatic carbocycles. The van der Waals surface area contributed by atoms with E-state index >= 15 is 0 Å². The summed E-state index contributed by atoms with van der Waals surface area (Å²) in [6, 6.07) is 9.26. The third-order valence-electron chi connectivity index (χ3n) is 3.31. The topological polar surface area (TPSA) is 116 Å². The Hall–Kier alpha value is -3.27. The monoisotopic (exact) mass is 417 g/mol. The van der Waals surface area contributed by atoms with Gasteiger partial charge in [0, 0.05) is 12.3 Å². The van der Waals surface area contributed by atoms with Gasteiger partial charge >= 0.3 is 5.91 Å². The first-order valence-electron chi connectivity index (χ1n) is 7.36. The number of carbonyl (C=O) groups is 1. The van der Waals surface area contributed by atoms with E-state index in [4.69, 9.17) is 4.42 Å². The van der Waals surface area contributed by atoms with Gasteiger partial charge in [-0.25, -0.2) is 5.43 Å². The third kappa shape index (κ3) is 4.22. The molecule has 1 N–H and O–H groups in total. The van der Waals surface area contributed by atoms with Crippen molar-refractivity contribution in [3.8, 4) is 0 Å². The van der Waals surface area contributed by atoms with Crippen LogP contribution in [-0.2, 0) is 6.54 Å². The van der Waals surface area contributed by atoms with Gasteiger partial charge in [-0.05, 0) is 34.1 Å². The van der Waals surface area contributed by atoms with Crippen molar-refractivity contribution in [2.24, 2.45) is 5.10 Å². The molecule has 0 bridgehead atoms. The van der Waals surface area contributed by atoms with Gasteiger partial charge in [-0.15, -0.1) is 0 Å². The number of hydrogen-bond acceptors (Lipinski definition) is 6. The minimum absolute atomic E-state index is 0.0749. The summed E-state index contributed by atoms with van der Waals surface area (Å²) in [5.41, 5.74) is 2.46. The van der Waals surface area contributed by atoms with Crippen LogP contribution in [0.2, 0.25) is 0 Å². The van der Waals surface area contributed by atoms with Crippen LogP contribution >= 0.6 is 15.9 Å². The standard InChI is InChI=1S/C16H12BrN5O4/c17-12-8-19-21(9-12)10-13-5-6-15(26-13)16(23)20-18-7-11-3-1-2-4-14(11)22(24)25/h1-9H,10H2,(H,20,23)/b18-7+. The molecule has 3 rings (SSSR count). The quantitative estimate of drug-likeness (QED) is 0.376. The summed E-state index contributed by atoms with van der Waals surface area (Å²) >= 11 is 3.30. The highest BCUT2D eigenvalue weighted by molar-refractivity contribution is 9.10. The predicted octanol–water partition coefficient (Wildman–Crippen LogP) is 2.96. The summed E-state index contributed by atoms with van der Waals surface area (Å²) in [7, 11) is 0. The minimum atomic E-state index is -0.562. The number of amides is 1. The summed E-state index contributed by atoms with van der Waals surface area (Å²) in [5, 5.41) is 18.8. The lowest BCUT2D eigenvalue weighted by atomic mass is 10.2. The average Bonchev–Trinajstić information content (AvgIpc) is 3.24. The number of nitrogens with one attached hydrogen (secondary N) is 1. The molecule has 0 atom stereocenters. The highest BCUT2D eigenvalue weighted by atomic mass is 79.9. The van der Waals surface area contributed by atoms with Gasteiger partial charge < -0.3 is 4.42 Å². The number of benzene rings is 1. The Morgan fingerprint density at radius 2 is 2.19 bits per heavy atom. The van der Waals surface area contributed by atoms with Crippen molar-refractivity contribution in [3.05, 3.63) is 80.5 Å². The van der Waals surface area contributed by atoms with Crippen molar-refractivity contribution in [2.75, 3.05) is 0 Å². The van der Waals surface area contributed by atoms with Crippen molar-refractivity contribution < 1.29 is 14.1 Å². The molecule has 0 saturated carbocycles. The summed E-state index contributed by atoms with van der Waals surface area (Å²) in [4.78, 5) is 22.4. The molecule has 0 fully saturated rings. The lowest BCUT2D eigenvalue weighted by Crippen LogP contribution is -2.17. The molecular weight excluding hydrogens is 406 g/mol. The SMILES string of the molecule is O=C(N/N=C/c1ccccc1[N+](=O)[O-])c1ccc(Cn2cc(Br)cn2)o1. The van der Waals surface area contributed by atoms with Crippen LogP contribution in [0.25, 0.3) is 0 Å². The fourth-order valence-corrected chi connectivity index (χ4v) is 2.48. The molecule has 2 aromatic heterocycles. The first-order valence-corrected chi connectivity index (χ1v) is 8.16. The van der Waals surface area contributed by atoms with E-state index in [9.17, 15) is 14.9 Å². The minimum Gasteiger partial charge on any atom is -0.454 e. The number of hydrogen-bond donors (Lipinski definition) is 1. The first-order chi connectivity index (χ1) is 12.5. The number of nitrogens with zero attached hydrogens (tertiary/aromatic N) is 4. The van der Waals surface area contributed by atoms with Crippen molar-refractivity contribution in [1.82, 2.24) is 15.2 Å². The zero-order chi connectivity index (χ0) is 18.5. The molecule has 0 saturated heterocycles. The second kappa shape index (κ2) is 7.74. The second-order valence-corrected chi connectivity index (χ2v) is 6.05.